The zero-order chi connectivity index (χ0) is 16.2. The topological polar surface area (TPSA) is 50.7 Å². The Kier molecular flexibility index (Phi) is 5.78. The minimum Gasteiger partial charge on any atom is -0.496 e. The monoisotopic (exact) mass is 311 g/mol. The highest BCUT2D eigenvalue weighted by molar-refractivity contribution is 5.35. The first-order valence-electron chi connectivity index (χ1n) is 7.82. The zero-order valence-electron chi connectivity index (χ0n) is 13.6. The maximum absolute atomic E-state index is 13.6. The summed E-state index contributed by atoms with van der Waals surface area (Å²) in [6.45, 7) is 6.08. The Hall–Kier alpha value is -1.17. The van der Waals surface area contributed by atoms with Gasteiger partial charge < -0.3 is 19.9 Å². The molecule has 0 radical (unpaired) electrons. The van der Waals surface area contributed by atoms with E-state index in [1.54, 1.807) is 13.2 Å². The Morgan fingerprint density at radius 3 is 2.86 bits per heavy atom. The van der Waals surface area contributed by atoms with Crippen LogP contribution < -0.4 is 10.1 Å². The summed E-state index contributed by atoms with van der Waals surface area (Å²) in [5, 5.41) is 14.5. The Balaban J connectivity index is 2.27. The number of ether oxygens (including phenoxy) is 2. The van der Waals surface area contributed by atoms with Crippen LogP contribution in [0.5, 0.6) is 5.75 Å². The highest BCUT2D eigenvalue weighted by Crippen LogP contribution is 2.32. The lowest BCUT2D eigenvalue weighted by Crippen LogP contribution is -2.55. The van der Waals surface area contributed by atoms with Crippen molar-refractivity contribution < 1.29 is 19.0 Å². The quantitative estimate of drug-likeness (QED) is 0.845. The molecule has 0 saturated carbocycles. The van der Waals surface area contributed by atoms with Crippen LogP contribution in [-0.2, 0) is 11.2 Å². The lowest BCUT2D eigenvalue weighted by atomic mass is 9.81. The second-order valence-electron chi connectivity index (χ2n) is 6.40. The van der Waals surface area contributed by atoms with Crippen molar-refractivity contribution in [3.8, 4) is 5.75 Å². The summed E-state index contributed by atoms with van der Waals surface area (Å²) in [4.78, 5) is 0. The fraction of sp³-hybridized carbons (Fsp3) is 0.647. The summed E-state index contributed by atoms with van der Waals surface area (Å²) in [6, 6.07) is 4.39. The number of morpholine rings is 1. The molecule has 124 valence electrons. The van der Waals surface area contributed by atoms with Gasteiger partial charge in [0.2, 0.25) is 0 Å². The summed E-state index contributed by atoms with van der Waals surface area (Å²) >= 11 is 0. The molecule has 5 heteroatoms. The molecule has 0 spiro atoms. The SMILES string of the molecule is COc1ccc(F)cc1CC(O)(CC(C)C)C1CNCCO1. The van der Waals surface area contributed by atoms with E-state index in [0.717, 1.165) is 6.54 Å². The lowest BCUT2D eigenvalue weighted by molar-refractivity contribution is -0.127. The maximum Gasteiger partial charge on any atom is 0.123 e. The Morgan fingerprint density at radius 1 is 1.50 bits per heavy atom. The van der Waals surface area contributed by atoms with Crippen LogP contribution in [0.1, 0.15) is 25.8 Å². The average Bonchev–Trinajstić information content (AvgIpc) is 2.47. The number of hydrogen-bond acceptors (Lipinski definition) is 4. The smallest absolute Gasteiger partial charge is 0.123 e. The minimum atomic E-state index is -1.05. The van der Waals surface area contributed by atoms with Crippen molar-refractivity contribution in [3.05, 3.63) is 29.6 Å². The van der Waals surface area contributed by atoms with E-state index in [1.807, 2.05) is 0 Å². The van der Waals surface area contributed by atoms with Crippen LogP contribution >= 0.6 is 0 Å². The van der Waals surface area contributed by atoms with Gasteiger partial charge in [0.15, 0.2) is 0 Å². The van der Waals surface area contributed by atoms with Gasteiger partial charge in [0.1, 0.15) is 11.6 Å². The van der Waals surface area contributed by atoms with Gasteiger partial charge in [-0.1, -0.05) is 13.8 Å². The van der Waals surface area contributed by atoms with Crippen molar-refractivity contribution in [2.45, 2.75) is 38.4 Å². The van der Waals surface area contributed by atoms with Crippen LogP contribution in [-0.4, -0.2) is 43.6 Å². The largest absolute Gasteiger partial charge is 0.496 e. The summed E-state index contributed by atoms with van der Waals surface area (Å²) < 4.78 is 24.7. The molecule has 1 fully saturated rings. The van der Waals surface area contributed by atoms with Crippen molar-refractivity contribution in [1.82, 2.24) is 5.32 Å². The molecule has 0 amide bonds. The predicted octanol–water partition coefficient (Wildman–Crippen LogP) is 2.14. The molecule has 1 saturated heterocycles. The highest BCUT2D eigenvalue weighted by Gasteiger charge is 2.40. The minimum absolute atomic E-state index is 0.301. The number of benzene rings is 1. The van der Waals surface area contributed by atoms with E-state index >= 15 is 0 Å². The molecule has 2 N–H and O–H groups in total. The first-order chi connectivity index (χ1) is 10.4. The van der Waals surface area contributed by atoms with Crippen molar-refractivity contribution in [2.75, 3.05) is 26.8 Å². The van der Waals surface area contributed by atoms with E-state index in [-0.39, 0.29) is 11.9 Å². The molecule has 2 unspecified atom stereocenters. The molecule has 1 aromatic rings. The van der Waals surface area contributed by atoms with E-state index < -0.39 is 5.60 Å². The van der Waals surface area contributed by atoms with Crippen LogP contribution in [0.2, 0.25) is 0 Å². The van der Waals surface area contributed by atoms with Gasteiger partial charge in [-0.25, -0.2) is 4.39 Å². The van der Waals surface area contributed by atoms with Crippen LogP contribution in [0, 0.1) is 11.7 Å². The Morgan fingerprint density at radius 2 is 2.27 bits per heavy atom. The molecule has 1 aromatic carbocycles. The summed E-state index contributed by atoms with van der Waals surface area (Å²) in [5.74, 6) is 0.563. The molecule has 4 nitrogen and oxygen atoms in total. The maximum atomic E-state index is 13.6. The molecule has 2 atom stereocenters. The molecule has 1 aliphatic rings. The first kappa shape index (κ1) is 17.2. The van der Waals surface area contributed by atoms with Crippen molar-refractivity contribution in [2.24, 2.45) is 5.92 Å². The number of methoxy groups -OCH3 is 1. The first-order valence-corrected chi connectivity index (χ1v) is 7.82. The fourth-order valence-corrected chi connectivity index (χ4v) is 3.15. The number of nitrogens with one attached hydrogen (secondary N) is 1. The second kappa shape index (κ2) is 7.40. The summed E-state index contributed by atoms with van der Waals surface area (Å²) in [7, 11) is 1.55. The molecule has 1 aliphatic heterocycles. The Labute approximate surface area is 131 Å². The van der Waals surface area contributed by atoms with E-state index in [2.05, 4.69) is 19.2 Å². The normalized spacial score (nSPS) is 21.6. The van der Waals surface area contributed by atoms with Gasteiger partial charge >= 0.3 is 0 Å². The summed E-state index contributed by atoms with van der Waals surface area (Å²) in [5.41, 5.74) is -0.386. The fourth-order valence-electron chi connectivity index (χ4n) is 3.15. The third-order valence-corrected chi connectivity index (χ3v) is 4.03. The molecule has 2 rings (SSSR count). The van der Waals surface area contributed by atoms with Crippen molar-refractivity contribution >= 4 is 0 Å². The van der Waals surface area contributed by atoms with Gasteiger partial charge in [-0.3, -0.25) is 0 Å². The van der Waals surface area contributed by atoms with Gasteiger partial charge in [0.05, 0.1) is 25.4 Å². The second-order valence-corrected chi connectivity index (χ2v) is 6.40. The van der Waals surface area contributed by atoms with Crippen LogP contribution in [0.25, 0.3) is 0 Å². The van der Waals surface area contributed by atoms with E-state index in [4.69, 9.17) is 9.47 Å². The van der Waals surface area contributed by atoms with Crippen molar-refractivity contribution in [3.63, 3.8) is 0 Å². The third-order valence-electron chi connectivity index (χ3n) is 4.03. The third kappa shape index (κ3) is 4.18. The molecule has 1 heterocycles. The lowest BCUT2D eigenvalue weighted by Gasteiger charge is -2.40. The number of halogens is 1. The zero-order valence-corrected chi connectivity index (χ0v) is 13.6. The van der Waals surface area contributed by atoms with E-state index in [0.29, 0.717) is 43.2 Å². The summed E-state index contributed by atoms with van der Waals surface area (Å²) in [6.07, 6.45) is 0.578. The molecule has 22 heavy (non-hydrogen) atoms. The number of hydrogen-bond donors (Lipinski definition) is 2. The van der Waals surface area contributed by atoms with E-state index in [9.17, 15) is 9.50 Å². The molecule has 0 aromatic heterocycles. The number of aliphatic hydroxyl groups is 1. The van der Waals surface area contributed by atoms with E-state index in [1.165, 1.54) is 12.1 Å². The van der Waals surface area contributed by atoms with Crippen LogP contribution in [0.3, 0.4) is 0 Å². The molecular weight excluding hydrogens is 285 g/mol. The molecular formula is C17H26FNO3. The molecule has 0 bridgehead atoms. The van der Waals surface area contributed by atoms with Gasteiger partial charge in [-0.2, -0.15) is 0 Å². The Bertz CT molecular complexity index is 489. The van der Waals surface area contributed by atoms with Gasteiger partial charge in [-0.15, -0.1) is 0 Å². The molecule has 0 aliphatic carbocycles. The highest BCUT2D eigenvalue weighted by atomic mass is 19.1. The van der Waals surface area contributed by atoms with Crippen molar-refractivity contribution in [1.29, 1.82) is 0 Å². The van der Waals surface area contributed by atoms with Crippen LogP contribution in [0.4, 0.5) is 4.39 Å². The van der Waals surface area contributed by atoms with Gasteiger partial charge in [0, 0.05) is 19.5 Å². The standard InChI is InChI=1S/C17H26FNO3/c1-12(2)9-17(20,16-11-19-6-7-22-16)10-13-8-14(18)4-5-15(13)21-3/h4-5,8,12,16,19-20H,6-7,9-11H2,1-3H3. The number of rotatable bonds is 6. The van der Waals surface area contributed by atoms with Crippen LogP contribution in [0.15, 0.2) is 18.2 Å². The van der Waals surface area contributed by atoms with Gasteiger partial charge in [0.25, 0.3) is 0 Å². The predicted molar refractivity (Wildman–Crippen MR) is 83.7 cm³/mol. The average molecular weight is 311 g/mol. The van der Waals surface area contributed by atoms with Gasteiger partial charge in [-0.05, 0) is 36.1 Å².